The topological polar surface area (TPSA) is 106 Å². The van der Waals surface area contributed by atoms with Crippen molar-refractivity contribution in [2.24, 2.45) is 10.3 Å². The Bertz CT molecular complexity index is 829. The SMILES string of the molecule is Cc1nonc1N=NN(Cc1cccc(Br)c1)c1nonc1C. The maximum absolute atomic E-state index is 4.75. The number of hydrogen-bond donors (Lipinski definition) is 0. The lowest BCUT2D eigenvalue weighted by molar-refractivity contribution is 0.304. The lowest BCUT2D eigenvalue weighted by atomic mass is 10.2. The van der Waals surface area contributed by atoms with E-state index in [0.717, 1.165) is 10.0 Å². The van der Waals surface area contributed by atoms with Gasteiger partial charge in [0, 0.05) is 4.47 Å². The van der Waals surface area contributed by atoms with Crippen LogP contribution in [0.4, 0.5) is 11.6 Å². The van der Waals surface area contributed by atoms with Crippen LogP contribution in [-0.2, 0) is 6.54 Å². The van der Waals surface area contributed by atoms with Crippen LogP contribution >= 0.6 is 15.9 Å². The first kappa shape index (κ1) is 15.3. The van der Waals surface area contributed by atoms with Gasteiger partial charge in [0.2, 0.25) is 11.6 Å². The molecule has 118 valence electrons. The van der Waals surface area contributed by atoms with Gasteiger partial charge in [0.1, 0.15) is 11.4 Å². The van der Waals surface area contributed by atoms with Crippen molar-refractivity contribution in [2.45, 2.75) is 20.4 Å². The molecule has 0 radical (unpaired) electrons. The van der Waals surface area contributed by atoms with Crippen molar-refractivity contribution in [1.29, 1.82) is 0 Å². The minimum Gasteiger partial charge on any atom is -0.242 e. The first-order chi connectivity index (χ1) is 11.1. The van der Waals surface area contributed by atoms with E-state index in [1.54, 1.807) is 18.9 Å². The van der Waals surface area contributed by atoms with Crippen LogP contribution in [0.2, 0.25) is 0 Å². The van der Waals surface area contributed by atoms with E-state index in [1.807, 2.05) is 24.3 Å². The van der Waals surface area contributed by atoms with Crippen molar-refractivity contribution in [3.05, 3.63) is 45.7 Å². The summed E-state index contributed by atoms with van der Waals surface area (Å²) in [7, 11) is 0. The zero-order chi connectivity index (χ0) is 16.2. The number of anilines is 1. The van der Waals surface area contributed by atoms with E-state index < -0.39 is 0 Å². The average Bonchev–Trinajstić information content (AvgIpc) is 3.12. The minimum atomic E-state index is 0.304. The molecule has 0 bridgehead atoms. The average molecular weight is 378 g/mol. The summed E-state index contributed by atoms with van der Waals surface area (Å²) < 4.78 is 10.3. The first-order valence-corrected chi connectivity index (χ1v) is 7.45. The van der Waals surface area contributed by atoms with Crippen molar-refractivity contribution < 1.29 is 9.26 Å². The summed E-state index contributed by atoms with van der Waals surface area (Å²) in [5.41, 5.74) is 2.16. The Hall–Kier alpha value is -2.62. The lowest BCUT2D eigenvalue weighted by Crippen LogP contribution is -2.16. The van der Waals surface area contributed by atoms with E-state index in [0.29, 0.717) is 29.6 Å². The molecule has 1 aromatic carbocycles. The van der Waals surface area contributed by atoms with Crippen LogP contribution in [0.3, 0.4) is 0 Å². The Labute approximate surface area is 139 Å². The molecule has 3 aromatic rings. The van der Waals surface area contributed by atoms with Gasteiger partial charge in [-0.25, -0.2) is 14.3 Å². The van der Waals surface area contributed by atoms with E-state index in [1.165, 1.54) is 0 Å². The van der Waals surface area contributed by atoms with Gasteiger partial charge in [-0.3, -0.25) is 0 Å². The molecule has 0 unspecified atom stereocenters. The summed E-state index contributed by atoms with van der Waals surface area (Å²) in [6.07, 6.45) is 0. The largest absolute Gasteiger partial charge is 0.242 e. The second kappa shape index (κ2) is 6.65. The van der Waals surface area contributed by atoms with Crippen molar-refractivity contribution in [2.75, 3.05) is 5.01 Å². The van der Waals surface area contributed by atoms with E-state index in [4.69, 9.17) is 4.63 Å². The van der Waals surface area contributed by atoms with E-state index in [-0.39, 0.29) is 0 Å². The number of hydrogen-bond acceptors (Lipinski definition) is 8. The highest BCUT2D eigenvalue weighted by Gasteiger charge is 2.16. The molecule has 3 rings (SSSR count). The first-order valence-electron chi connectivity index (χ1n) is 6.65. The van der Waals surface area contributed by atoms with Gasteiger partial charge in [-0.15, -0.1) is 5.11 Å². The molecule has 0 saturated carbocycles. The van der Waals surface area contributed by atoms with Crippen LogP contribution in [0, 0.1) is 13.8 Å². The monoisotopic (exact) mass is 377 g/mol. The number of aryl methyl sites for hydroxylation is 2. The van der Waals surface area contributed by atoms with Crippen molar-refractivity contribution in [1.82, 2.24) is 20.6 Å². The van der Waals surface area contributed by atoms with Gasteiger partial charge in [0.15, 0.2) is 0 Å². The zero-order valence-corrected chi connectivity index (χ0v) is 13.9. The Morgan fingerprint density at radius 1 is 1.09 bits per heavy atom. The summed E-state index contributed by atoms with van der Waals surface area (Å²) >= 11 is 3.45. The molecule has 0 N–H and O–H groups in total. The molecule has 0 aliphatic rings. The third-order valence-electron chi connectivity index (χ3n) is 2.97. The van der Waals surface area contributed by atoms with E-state index >= 15 is 0 Å². The smallest absolute Gasteiger partial charge is 0.242 e. The fraction of sp³-hybridized carbons (Fsp3) is 0.231. The predicted molar refractivity (Wildman–Crippen MR) is 82.9 cm³/mol. The lowest BCUT2D eigenvalue weighted by Gasteiger charge is -2.14. The van der Waals surface area contributed by atoms with Gasteiger partial charge in [-0.2, -0.15) is 0 Å². The molecule has 10 heteroatoms. The molecule has 0 amide bonds. The van der Waals surface area contributed by atoms with Gasteiger partial charge in [0.25, 0.3) is 0 Å². The van der Waals surface area contributed by atoms with E-state index in [2.05, 4.69) is 51.5 Å². The van der Waals surface area contributed by atoms with Gasteiger partial charge in [-0.05, 0) is 41.9 Å². The quantitative estimate of drug-likeness (QED) is 0.494. The zero-order valence-electron chi connectivity index (χ0n) is 12.3. The number of aromatic nitrogens is 4. The Balaban J connectivity index is 1.89. The second-order valence-corrected chi connectivity index (χ2v) is 5.64. The fourth-order valence-electron chi connectivity index (χ4n) is 1.83. The number of nitrogens with zero attached hydrogens (tertiary/aromatic N) is 7. The molecular formula is C13H12BrN7O2. The van der Waals surface area contributed by atoms with Crippen molar-refractivity contribution in [3.8, 4) is 0 Å². The van der Waals surface area contributed by atoms with Crippen LogP contribution in [0.15, 0.2) is 48.3 Å². The molecule has 0 aliphatic carbocycles. The number of rotatable bonds is 5. The summed E-state index contributed by atoms with van der Waals surface area (Å²) in [6, 6.07) is 7.84. The van der Waals surface area contributed by atoms with Crippen LogP contribution < -0.4 is 5.01 Å². The second-order valence-electron chi connectivity index (χ2n) is 4.72. The van der Waals surface area contributed by atoms with Gasteiger partial charge < -0.3 is 0 Å². The molecule has 23 heavy (non-hydrogen) atoms. The van der Waals surface area contributed by atoms with E-state index in [9.17, 15) is 0 Å². The molecule has 0 saturated heterocycles. The highest BCUT2D eigenvalue weighted by atomic mass is 79.9. The summed E-state index contributed by atoms with van der Waals surface area (Å²) in [5.74, 6) is 0.779. The van der Waals surface area contributed by atoms with Crippen LogP contribution in [0.5, 0.6) is 0 Å². The van der Waals surface area contributed by atoms with Gasteiger partial charge in [-0.1, -0.05) is 43.6 Å². The molecule has 9 nitrogen and oxygen atoms in total. The van der Waals surface area contributed by atoms with Gasteiger partial charge in [0.05, 0.1) is 6.54 Å². The molecule has 2 aromatic heterocycles. The maximum atomic E-state index is 4.75. The third kappa shape index (κ3) is 3.59. The summed E-state index contributed by atoms with van der Waals surface area (Å²) in [4.78, 5) is 0. The fourth-order valence-corrected chi connectivity index (χ4v) is 2.28. The number of benzene rings is 1. The predicted octanol–water partition coefficient (Wildman–Crippen LogP) is 3.54. The summed E-state index contributed by atoms with van der Waals surface area (Å²) in [6.45, 7) is 3.94. The minimum absolute atomic E-state index is 0.304. The van der Waals surface area contributed by atoms with Gasteiger partial charge >= 0.3 is 0 Å². The van der Waals surface area contributed by atoms with Crippen LogP contribution in [0.25, 0.3) is 0 Å². The molecule has 0 fully saturated rings. The molecule has 2 heterocycles. The van der Waals surface area contributed by atoms with Crippen LogP contribution in [0.1, 0.15) is 17.0 Å². The Morgan fingerprint density at radius 3 is 2.52 bits per heavy atom. The molecular weight excluding hydrogens is 366 g/mol. The summed E-state index contributed by atoms with van der Waals surface area (Å²) in [5, 5.41) is 24.8. The maximum Gasteiger partial charge on any atom is 0.242 e. The standard InChI is InChI=1S/C13H12BrN7O2/c1-8-12(18-22-16-8)15-20-21(13-9(2)17-23-19-13)7-10-4-3-5-11(14)6-10/h3-6H,7H2,1-2H3. The third-order valence-corrected chi connectivity index (χ3v) is 3.46. The molecule has 0 aliphatic heterocycles. The highest BCUT2D eigenvalue weighted by Crippen LogP contribution is 2.22. The Morgan fingerprint density at radius 2 is 1.87 bits per heavy atom. The molecule has 0 atom stereocenters. The van der Waals surface area contributed by atoms with Crippen molar-refractivity contribution >= 4 is 27.6 Å². The van der Waals surface area contributed by atoms with Crippen LogP contribution in [-0.4, -0.2) is 20.6 Å². The normalized spacial score (nSPS) is 11.3. The highest BCUT2D eigenvalue weighted by molar-refractivity contribution is 9.10. The van der Waals surface area contributed by atoms with Crippen molar-refractivity contribution in [3.63, 3.8) is 0 Å². The number of halogens is 1. The molecule has 0 spiro atoms. The Kier molecular flexibility index (Phi) is 4.42.